The second-order valence-electron chi connectivity index (χ2n) is 7.83. The van der Waals surface area contributed by atoms with Gasteiger partial charge in [-0.25, -0.2) is 4.68 Å². The van der Waals surface area contributed by atoms with E-state index in [1.54, 1.807) is 17.0 Å². The molecule has 1 amide bonds. The molecule has 2 aromatic carbocycles. The predicted octanol–water partition coefficient (Wildman–Crippen LogP) is 2.68. The van der Waals surface area contributed by atoms with E-state index in [1.807, 2.05) is 42.5 Å². The Kier molecular flexibility index (Phi) is 6.05. The van der Waals surface area contributed by atoms with Crippen LogP contribution in [0.3, 0.4) is 0 Å². The molecule has 1 atom stereocenters. The molecule has 0 radical (unpaired) electrons. The molecule has 3 aromatic rings. The Morgan fingerprint density at radius 3 is 2.41 bits per heavy atom. The van der Waals surface area contributed by atoms with E-state index in [1.165, 1.54) is 4.68 Å². The number of aromatic nitrogens is 2. The predicted molar refractivity (Wildman–Crippen MR) is 116 cm³/mol. The molecule has 7 heteroatoms. The summed E-state index contributed by atoms with van der Waals surface area (Å²) in [7, 11) is 0. The van der Waals surface area contributed by atoms with Crippen LogP contribution in [0.2, 0.25) is 0 Å². The normalized spacial score (nSPS) is 18.6. The summed E-state index contributed by atoms with van der Waals surface area (Å²) < 4.78 is 1.39. The molecule has 1 fully saturated rings. The van der Waals surface area contributed by atoms with Crippen molar-refractivity contribution in [2.24, 2.45) is 11.1 Å². The minimum absolute atomic E-state index is 0. The summed E-state index contributed by atoms with van der Waals surface area (Å²) in [5, 5.41) is 5.61. The lowest BCUT2D eigenvalue weighted by Crippen LogP contribution is -2.36. The highest BCUT2D eigenvalue weighted by Gasteiger charge is 2.36. The van der Waals surface area contributed by atoms with Gasteiger partial charge in [-0.1, -0.05) is 55.5 Å². The number of halogens is 1. The highest BCUT2D eigenvalue weighted by molar-refractivity contribution is 6.04. The maximum absolute atomic E-state index is 13.3. The summed E-state index contributed by atoms with van der Waals surface area (Å²) in [6.45, 7) is 4.22. The highest BCUT2D eigenvalue weighted by Crippen LogP contribution is 2.30. The van der Waals surface area contributed by atoms with Crippen LogP contribution in [0.4, 0.5) is 0 Å². The number of nitrogens with zero attached hydrogens (tertiary/aromatic N) is 3. The SMILES string of the molecule is CC1(CN)CCN(C(=O)c2nn(Cc3ccccc3)c(=O)c3ccccc23)C1.Cl. The van der Waals surface area contributed by atoms with Gasteiger partial charge in [-0.05, 0) is 30.0 Å². The third kappa shape index (κ3) is 4.04. The molecule has 0 spiro atoms. The molecule has 2 heterocycles. The monoisotopic (exact) mass is 412 g/mol. The Labute approximate surface area is 175 Å². The summed E-state index contributed by atoms with van der Waals surface area (Å²) in [5.74, 6) is -0.143. The van der Waals surface area contributed by atoms with Crippen molar-refractivity contribution in [2.45, 2.75) is 19.9 Å². The number of carbonyl (C=O) groups is 1. The Balaban J connectivity index is 0.00000240. The van der Waals surface area contributed by atoms with Gasteiger partial charge in [0.05, 0.1) is 11.9 Å². The van der Waals surface area contributed by atoms with E-state index in [9.17, 15) is 9.59 Å². The fourth-order valence-electron chi connectivity index (χ4n) is 3.77. The molecule has 1 aromatic heterocycles. The van der Waals surface area contributed by atoms with Gasteiger partial charge in [-0.15, -0.1) is 12.4 Å². The van der Waals surface area contributed by atoms with Crippen LogP contribution in [0.25, 0.3) is 10.8 Å². The largest absolute Gasteiger partial charge is 0.337 e. The first-order valence-corrected chi connectivity index (χ1v) is 9.54. The first kappa shape index (κ1) is 21.0. The second-order valence-corrected chi connectivity index (χ2v) is 7.83. The number of carbonyl (C=O) groups excluding carboxylic acids is 1. The maximum Gasteiger partial charge on any atom is 0.274 e. The number of rotatable bonds is 4. The fraction of sp³-hybridized carbons (Fsp3) is 0.318. The molecule has 1 unspecified atom stereocenters. The minimum atomic E-state index is -0.191. The molecule has 1 saturated heterocycles. The maximum atomic E-state index is 13.3. The molecule has 1 aliphatic heterocycles. The number of hydrogen-bond acceptors (Lipinski definition) is 4. The van der Waals surface area contributed by atoms with Crippen molar-refractivity contribution in [3.63, 3.8) is 0 Å². The Bertz CT molecular complexity index is 1080. The Morgan fingerprint density at radius 1 is 1.10 bits per heavy atom. The molecular formula is C22H25ClN4O2. The Hall–Kier alpha value is -2.70. The molecule has 1 aliphatic rings. The second kappa shape index (κ2) is 8.35. The van der Waals surface area contributed by atoms with Gasteiger partial charge in [0, 0.05) is 18.5 Å². The third-order valence-corrected chi connectivity index (χ3v) is 5.58. The van der Waals surface area contributed by atoms with Crippen LogP contribution in [0.5, 0.6) is 0 Å². The molecule has 4 rings (SSSR count). The molecule has 6 nitrogen and oxygen atoms in total. The van der Waals surface area contributed by atoms with Crippen molar-refractivity contribution >= 4 is 29.1 Å². The molecule has 0 saturated carbocycles. The number of likely N-dealkylation sites (tertiary alicyclic amines) is 1. The van der Waals surface area contributed by atoms with E-state index in [0.717, 1.165) is 12.0 Å². The molecule has 2 N–H and O–H groups in total. The quantitative estimate of drug-likeness (QED) is 0.714. The van der Waals surface area contributed by atoms with Gasteiger partial charge in [0.1, 0.15) is 0 Å². The molecular weight excluding hydrogens is 388 g/mol. The molecule has 0 bridgehead atoms. The first-order valence-electron chi connectivity index (χ1n) is 9.54. The van der Waals surface area contributed by atoms with E-state index in [-0.39, 0.29) is 29.3 Å². The van der Waals surface area contributed by atoms with Crippen molar-refractivity contribution in [2.75, 3.05) is 19.6 Å². The summed E-state index contributed by atoms with van der Waals surface area (Å²) in [5.41, 5.74) is 6.92. The van der Waals surface area contributed by atoms with Crippen molar-refractivity contribution in [1.82, 2.24) is 14.7 Å². The van der Waals surface area contributed by atoms with E-state index in [2.05, 4.69) is 12.0 Å². The smallest absolute Gasteiger partial charge is 0.274 e. The number of fused-ring (bicyclic) bond motifs is 1. The van der Waals surface area contributed by atoms with Gasteiger partial charge < -0.3 is 10.6 Å². The van der Waals surface area contributed by atoms with Gasteiger partial charge in [-0.3, -0.25) is 9.59 Å². The zero-order chi connectivity index (χ0) is 19.7. The van der Waals surface area contributed by atoms with E-state index in [4.69, 9.17) is 5.73 Å². The summed E-state index contributed by atoms with van der Waals surface area (Å²) in [4.78, 5) is 28.0. The van der Waals surface area contributed by atoms with Crippen LogP contribution >= 0.6 is 12.4 Å². The lowest BCUT2D eigenvalue weighted by Gasteiger charge is -2.22. The van der Waals surface area contributed by atoms with Crippen LogP contribution in [-0.2, 0) is 6.54 Å². The van der Waals surface area contributed by atoms with E-state index >= 15 is 0 Å². The number of hydrogen-bond donors (Lipinski definition) is 1. The lowest BCUT2D eigenvalue weighted by molar-refractivity contribution is 0.0770. The van der Waals surface area contributed by atoms with E-state index in [0.29, 0.717) is 42.6 Å². The van der Waals surface area contributed by atoms with Gasteiger partial charge in [0.25, 0.3) is 11.5 Å². The highest BCUT2D eigenvalue weighted by atomic mass is 35.5. The number of amides is 1. The van der Waals surface area contributed by atoms with E-state index < -0.39 is 0 Å². The first-order chi connectivity index (χ1) is 13.5. The molecule has 152 valence electrons. The van der Waals surface area contributed by atoms with Crippen LogP contribution < -0.4 is 11.3 Å². The van der Waals surface area contributed by atoms with Crippen LogP contribution in [0.15, 0.2) is 59.4 Å². The van der Waals surface area contributed by atoms with Crippen LogP contribution in [0, 0.1) is 5.41 Å². The summed E-state index contributed by atoms with van der Waals surface area (Å²) in [6, 6.07) is 16.8. The average Bonchev–Trinajstić information content (AvgIpc) is 3.13. The van der Waals surface area contributed by atoms with Crippen molar-refractivity contribution < 1.29 is 4.79 Å². The molecule has 29 heavy (non-hydrogen) atoms. The van der Waals surface area contributed by atoms with Gasteiger partial charge in [0.15, 0.2) is 5.69 Å². The minimum Gasteiger partial charge on any atom is -0.337 e. The zero-order valence-corrected chi connectivity index (χ0v) is 17.2. The number of benzene rings is 2. The standard InChI is InChI=1S/C22H24N4O2.ClH/c1-22(14-23)11-12-25(15-22)21(28)19-17-9-5-6-10-18(17)20(27)26(24-19)13-16-7-3-2-4-8-16;/h2-10H,11-15,23H2,1H3;1H. The number of nitrogens with two attached hydrogens (primary N) is 1. The zero-order valence-electron chi connectivity index (χ0n) is 16.4. The lowest BCUT2D eigenvalue weighted by atomic mass is 9.90. The van der Waals surface area contributed by atoms with Crippen LogP contribution in [-0.4, -0.2) is 40.2 Å². The topological polar surface area (TPSA) is 81.2 Å². The molecule has 0 aliphatic carbocycles. The van der Waals surface area contributed by atoms with Crippen molar-refractivity contribution in [1.29, 1.82) is 0 Å². The van der Waals surface area contributed by atoms with Gasteiger partial charge in [0.2, 0.25) is 0 Å². The fourth-order valence-corrected chi connectivity index (χ4v) is 3.77. The van der Waals surface area contributed by atoms with Gasteiger partial charge >= 0.3 is 0 Å². The summed E-state index contributed by atoms with van der Waals surface area (Å²) in [6.07, 6.45) is 0.872. The van der Waals surface area contributed by atoms with Crippen LogP contribution in [0.1, 0.15) is 29.4 Å². The third-order valence-electron chi connectivity index (χ3n) is 5.58. The van der Waals surface area contributed by atoms with Gasteiger partial charge in [-0.2, -0.15) is 5.10 Å². The Morgan fingerprint density at radius 2 is 1.76 bits per heavy atom. The van der Waals surface area contributed by atoms with Crippen molar-refractivity contribution in [3.05, 3.63) is 76.2 Å². The summed E-state index contributed by atoms with van der Waals surface area (Å²) >= 11 is 0. The average molecular weight is 413 g/mol. The van der Waals surface area contributed by atoms with Crippen molar-refractivity contribution in [3.8, 4) is 0 Å².